The van der Waals surface area contributed by atoms with E-state index in [1.807, 2.05) is 0 Å². The summed E-state index contributed by atoms with van der Waals surface area (Å²) in [6.07, 6.45) is 47.5. The second-order valence-electron chi connectivity index (χ2n) is 36.7. The molecule has 2 fully saturated rings. The van der Waals surface area contributed by atoms with Crippen LogP contribution < -0.4 is 10.6 Å². The normalized spacial score (nSPS) is 20.2. The molecule has 0 aliphatic carbocycles. The van der Waals surface area contributed by atoms with Gasteiger partial charge in [0.2, 0.25) is 11.8 Å². The predicted octanol–water partition coefficient (Wildman–Crippen LogP) is 22.6. The zero-order valence-electron chi connectivity index (χ0n) is 79.9. The third kappa shape index (κ3) is 64.0. The van der Waals surface area contributed by atoms with Gasteiger partial charge in [-0.15, -0.1) is 0 Å². The number of rotatable bonds is 87. The first kappa shape index (κ1) is 117. The number of amides is 2. The topological polar surface area (TPSA) is 359 Å². The van der Waals surface area contributed by atoms with Crippen LogP contribution in [0.25, 0.3) is 0 Å². The van der Waals surface area contributed by atoms with E-state index in [-0.39, 0.29) is 25.7 Å². The zero-order chi connectivity index (χ0) is 91.4. The Hall–Kier alpha value is -3.65. The van der Waals surface area contributed by atoms with Crippen LogP contribution >= 0.6 is 7.82 Å². The minimum atomic E-state index is -5.62. The summed E-state index contributed by atoms with van der Waals surface area (Å²) in [5.41, 5.74) is 0. The molecule has 0 radical (unpaired) electrons. The Morgan fingerprint density at radius 3 is 1.01 bits per heavy atom. The Morgan fingerprint density at radius 2 is 0.640 bits per heavy atom. The summed E-state index contributed by atoms with van der Waals surface area (Å²) in [7, 11) is -5.62. The van der Waals surface area contributed by atoms with E-state index in [0.717, 1.165) is 218 Å². The van der Waals surface area contributed by atoms with Gasteiger partial charge in [-0.25, -0.2) is 4.57 Å². The molecule has 2 saturated heterocycles. The molecule has 10 unspecified atom stereocenters. The molecule has 2 aliphatic heterocycles. The largest absolute Gasteiger partial charge is 0.472 e. The molecule has 734 valence electrons. The Labute approximate surface area is 758 Å². The number of hydrogen-bond acceptors (Lipinski definition) is 20. The van der Waals surface area contributed by atoms with Crippen molar-refractivity contribution in [2.75, 3.05) is 13.2 Å². The minimum absolute atomic E-state index is 0.133. The first-order chi connectivity index (χ1) is 60.6. The molecule has 24 nitrogen and oxygen atoms in total. The highest BCUT2D eigenvalue weighted by Crippen LogP contribution is 2.42. The Kier molecular flexibility index (Phi) is 75.2. The van der Waals surface area contributed by atoms with Crippen molar-refractivity contribution in [1.82, 2.24) is 10.6 Å². The Morgan fingerprint density at radius 1 is 0.352 bits per heavy atom. The van der Waals surface area contributed by atoms with Crippen molar-refractivity contribution < 1.29 is 106 Å². The highest BCUT2D eigenvalue weighted by Gasteiger charge is 2.53. The summed E-state index contributed by atoms with van der Waals surface area (Å²) in [6, 6.07) is -3.57. The van der Waals surface area contributed by atoms with E-state index in [2.05, 4.69) is 64.3 Å². The van der Waals surface area contributed by atoms with Crippen molar-refractivity contribution in [2.24, 2.45) is 0 Å². The molecule has 0 spiro atoms. The van der Waals surface area contributed by atoms with Crippen molar-refractivity contribution in [3.05, 3.63) is 12.2 Å². The number of unbranched alkanes of at least 4 members (excludes halogenated alkanes) is 53. The van der Waals surface area contributed by atoms with Gasteiger partial charge >= 0.3 is 31.7 Å². The summed E-state index contributed by atoms with van der Waals surface area (Å²) in [5, 5.41) is 63.8. The number of allylic oxidation sites excluding steroid dienone is 2. The summed E-state index contributed by atoms with van der Waals surface area (Å²) in [4.78, 5) is 107. The fraction of sp³-hybridized carbons (Fsp3) is 0.920. The van der Waals surface area contributed by atoms with Crippen molar-refractivity contribution in [3.63, 3.8) is 0 Å². The van der Waals surface area contributed by atoms with Crippen molar-refractivity contribution in [2.45, 2.75) is 577 Å². The number of ether oxygens (including phenoxy) is 7. The van der Waals surface area contributed by atoms with Crippen LogP contribution in [0.3, 0.4) is 0 Å². The lowest BCUT2D eigenvalue weighted by Crippen LogP contribution is -2.67. The van der Waals surface area contributed by atoms with Gasteiger partial charge in [0.15, 0.2) is 24.8 Å². The standard InChI is InChI=1S/C100H187N2O22P/c1-7-13-19-25-31-37-39-41-43-49-55-61-67-73-89(108)118-83(71-65-59-53-47-35-29-23-17-11-5)77-88(107)102-93-97(123-92(111)78-84(72-66-60-54-48-36-30-24-18-12-6)119-90(109)74-68-62-56-50-44-42-40-38-32-26-20-14-8-2)95(112)85(79-103)120-99(93)117-80-86-96(113)98(122-91(110)76-82(105)70-64-58-52-46-34-28-22-16-10-4)94(100(121-86)124-125(114,115)116)101-87(106)75-81(104)69-63-57-51-45-33-27-21-15-9-3/h37,39,81-86,93-100,103-105,112-113H,7-36,38,40-80H2,1-6H3,(H,101,106)(H,102,107)(H2,114,115,116)/b39-37-/t81?,82?,83?,84?,85?,86?,93-,94-,95?,96+,97?,98?,99+,100?/m0/s1. The molecule has 25 heteroatoms. The van der Waals surface area contributed by atoms with Crippen LogP contribution in [0.2, 0.25) is 0 Å². The number of aliphatic hydroxyl groups is 5. The van der Waals surface area contributed by atoms with Gasteiger partial charge in [0.25, 0.3) is 0 Å². The first-order valence-corrected chi connectivity index (χ1v) is 53.2. The smallest absolute Gasteiger partial charge is 0.462 e. The lowest BCUT2D eigenvalue weighted by Gasteiger charge is -2.46. The summed E-state index contributed by atoms with van der Waals surface area (Å²) >= 11 is 0. The van der Waals surface area contributed by atoms with E-state index < -0.39 is 168 Å². The molecule has 2 aliphatic rings. The van der Waals surface area contributed by atoms with Crippen LogP contribution in [0.4, 0.5) is 0 Å². The summed E-state index contributed by atoms with van der Waals surface area (Å²) in [6.45, 7) is 11.4. The Bertz CT molecular complexity index is 2670. The van der Waals surface area contributed by atoms with E-state index in [0.29, 0.717) is 51.4 Å². The van der Waals surface area contributed by atoms with Crippen molar-refractivity contribution in [1.29, 1.82) is 0 Å². The molecule has 0 saturated carbocycles. The van der Waals surface area contributed by atoms with E-state index in [4.69, 9.17) is 37.7 Å². The van der Waals surface area contributed by atoms with Crippen LogP contribution in [-0.4, -0.2) is 170 Å². The maximum atomic E-state index is 15.1. The van der Waals surface area contributed by atoms with Crippen LogP contribution in [0.5, 0.6) is 0 Å². The highest BCUT2D eigenvalue weighted by atomic mass is 31.2. The number of carbonyl (C=O) groups excluding carboxylic acids is 6. The summed E-state index contributed by atoms with van der Waals surface area (Å²) in [5.74, 6) is -4.52. The van der Waals surface area contributed by atoms with Crippen molar-refractivity contribution in [3.8, 4) is 0 Å². The Balaban J connectivity index is 2.71. The van der Waals surface area contributed by atoms with Gasteiger partial charge in [0.05, 0.1) is 51.1 Å². The van der Waals surface area contributed by atoms with E-state index in [1.165, 1.54) is 128 Å². The molecule has 2 amide bonds. The molecular weight excluding hydrogens is 1610 g/mol. The fourth-order valence-corrected chi connectivity index (χ4v) is 17.5. The number of phosphoric acid groups is 1. The number of aliphatic hydroxyl groups excluding tert-OH is 5. The maximum Gasteiger partial charge on any atom is 0.472 e. The van der Waals surface area contributed by atoms with Crippen LogP contribution in [-0.2, 0) is 71.0 Å². The monoisotopic (exact) mass is 1800 g/mol. The number of hydrogen-bond donors (Lipinski definition) is 9. The molecule has 125 heavy (non-hydrogen) atoms. The lowest BCUT2D eigenvalue weighted by molar-refractivity contribution is -0.298. The maximum absolute atomic E-state index is 15.1. The van der Waals surface area contributed by atoms with Crippen LogP contribution in [0, 0.1) is 0 Å². The third-order valence-corrected chi connectivity index (χ3v) is 25.3. The van der Waals surface area contributed by atoms with Crippen molar-refractivity contribution >= 4 is 43.5 Å². The van der Waals surface area contributed by atoms with Gasteiger partial charge < -0.3 is 79.1 Å². The first-order valence-electron chi connectivity index (χ1n) is 51.6. The fourth-order valence-electron chi connectivity index (χ4n) is 17.1. The molecule has 2 rings (SSSR count). The minimum Gasteiger partial charge on any atom is -0.462 e. The van der Waals surface area contributed by atoms with Crippen LogP contribution in [0.1, 0.15) is 491 Å². The van der Waals surface area contributed by atoms with Crippen LogP contribution in [0.15, 0.2) is 12.2 Å². The highest BCUT2D eigenvalue weighted by molar-refractivity contribution is 7.46. The zero-order valence-corrected chi connectivity index (χ0v) is 80.7. The number of esters is 4. The quantitative estimate of drug-likeness (QED) is 0.00898. The SMILES string of the molecule is CCCCCC/C=C\CCCCCCCC(=O)OC(CCCCCCCCCCC)CC(=O)N[C@H]1C(OC(=O)CC(CCCCCCCCCCC)OC(=O)CCCCCCCCCCCCCCC)C(O)C(CO)O[C@H]1OCC1OC(OP(=O)(O)O)[C@@H](NC(=O)CC(O)CCCCCCCCCCC)C(OC(=O)CC(O)CCCCCCCCCCC)[C@@H]1O. The molecule has 9 N–H and O–H groups in total. The van der Waals surface area contributed by atoms with E-state index in [1.54, 1.807) is 0 Å². The van der Waals surface area contributed by atoms with Gasteiger partial charge in [-0.1, -0.05) is 388 Å². The second-order valence-corrected chi connectivity index (χ2v) is 37.9. The van der Waals surface area contributed by atoms with Gasteiger partial charge in [-0.3, -0.25) is 33.3 Å². The van der Waals surface area contributed by atoms with Gasteiger partial charge in [0, 0.05) is 12.8 Å². The van der Waals surface area contributed by atoms with E-state index in [9.17, 15) is 63.9 Å². The number of carbonyl (C=O) groups is 6. The average Bonchev–Trinajstić information content (AvgIpc) is 0.783. The molecule has 0 aromatic carbocycles. The molecule has 2 heterocycles. The van der Waals surface area contributed by atoms with Gasteiger partial charge in [-0.05, 0) is 77.0 Å². The number of nitrogens with one attached hydrogen (secondary N) is 2. The second kappa shape index (κ2) is 80.0. The molecular formula is C100H187N2O22P. The van der Waals surface area contributed by atoms with E-state index >= 15 is 4.79 Å². The summed E-state index contributed by atoms with van der Waals surface area (Å²) < 4.78 is 61.7. The molecule has 0 aromatic heterocycles. The van der Waals surface area contributed by atoms with Gasteiger partial charge in [-0.2, -0.15) is 0 Å². The molecule has 0 aromatic rings. The lowest BCUT2D eigenvalue weighted by atomic mass is 9.95. The average molecular weight is 1800 g/mol. The number of phosphoric ester groups is 1. The third-order valence-electron chi connectivity index (χ3n) is 24.8. The predicted molar refractivity (Wildman–Crippen MR) is 497 cm³/mol. The molecule has 0 bridgehead atoms. The molecule has 14 atom stereocenters. The van der Waals surface area contributed by atoms with Gasteiger partial charge in [0.1, 0.15) is 48.7 Å².